The highest BCUT2D eigenvalue weighted by Crippen LogP contribution is 2.27. The lowest BCUT2D eigenvalue weighted by Crippen LogP contribution is -2.01. The largest absolute Gasteiger partial charge is 0.486 e. The SMILES string of the molecule is Cc1ccc(COc2c(C)cccc2N)c(Cl)c1. The molecule has 0 saturated heterocycles. The van der Waals surface area contributed by atoms with Gasteiger partial charge in [0.15, 0.2) is 0 Å². The maximum atomic E-state index is 6.16. The molecule has 3 heteroatoms. The molecule has 2 nitrogen and oxygen atoms in total. The number of hydrogen-bond acceptors (Lipinski definition) is 2. The van der Waals surface area contributed by atoms with Crippen molar-refractivity contribution in [1.29, 1.82) is 0 Å². The molecule has 0 aromatic heterocycles. The average molecular weight is 262 g/mol. The number of rotatable bonds is 3. The number of hydrogen-bond donors (Lipinski definition) is 1. The smallest absolute Gasteiger partial charge is 0.145 e. The number of nitrogen functional groups attached to an aromatic ring is 1. The van der Waals surface area contributed by atoms with Gasteiger partial charge in [-0.3, -0.25) is 0 Å². The number of anilines is 1. The summed E-state index contributed by atoms with van der Waals surface area (Å²) in [6.07, 6.45) is 0. The van der Waals surface area contributed by atoms with Crippen LogP contribution in [0.1, 0.15) is 16.7 Å². The summed E-state index contributed by atoms with van der Waals surface area (Å²) in [4.78, 5) is 0. The van der Waals surface area contributed by atoms with Gasteiger partial charge in [-0.25, -0.2) is 0 Å². The van der Waals surface area contributed by atoms with Crippen molar-refractivity contribution in [3.63, 3.8) is 0 Å². The molecule has 0 atom stereocenters. The first-order chi connectivity index (χ1) is 8.58. The average Bonchev–Trinajstić information content (AvgIpc) is 2.31. The van der Waals surface area contributed by atoms with E-state index in [0.29, 0.717) is 12.3 Å². The van der Waals surface area contributed by atoms with E-state index in [9.17, 15) is 0 Å². The van der Waals surface area contributed by atoms with Crippen molar-refractivity contribution < 1.29 is 4.74 Å². The van der Waals surface area contributed by atoms with Crippen molar-refractivity contribution in [2.45, 2.75) is 20.5 Å². The Balaban J connectivity index is 2.16. The minimum absolute atomic E-state index is 0.425. The molecule has 2 rings (SSSR count). The van der Waals surface area contributed by atoms with Crippen LogP contribution >= 0.6 is 11.6 Å². The summed E-state index contributed by atoms with van der Waals surface area (Å²) < 4.78 is 5.76. The van der Waals surface area contributed by atoms with Crippen molar-refractivity contribution in [2.75, 3.05) is 5.73 Å². The van der Waals surface area contributed by atoms with Gasteiger partial charge in [0.2, 0.25) is 0 Å². The molecule has 0 spiro atoms. The first-order valence-electron chi connectivity index (χ1n) is 5.81. The summed E-state index contributed by atoms with van der Waals surface area (Å²) in [5.74, 6) is 0.731. The molecule has 2 N–H and O–H groups in total. The molecule has 0 heterocycles. The lowest BCUT2D eigenvalue weighted by atomic mass is 10.1. The molecule has 0 bridgehead atoms. The maximum Gasteiger partial charge on any atom is 0.145 e. The van der Waals surface area contributed by atoms with Crippen molar-refractivity contribution in [2.24, 2.45) is 0 Å². The van der Waals surface area contributed by atoms with E-state index in [4.69, 9.17) is 22.1 Å². The van der Waals surface area contributed by atoms with Crippen LogP contribution in [0.2, 0.25) is 5.02 Å². The standard InChI is InChI=1S/C15H16ClNO/c1-10-6-7-12(13(16)8-10)9-18-15-11(2)4-3-5-14(15)17/h3-8H,9,17H2,1-2H3. The molecule has 0 unspecified atom stereocenters. The second kappa shape index (κ2) is 5.32. The fourth-order valence-corrected chi connectivity index (χ4v) is 2.08. The van der Waals surface area contributed by atoms with Gasteiger partial charge in [0.1, 0.15) is 12.4 Å². The molecule has 94 valence electrons. The van der Waals surface area contributed by atoms with E-state index < -0.39 is 0 Å². The first-order valence-corrected chi connectivity index (χ1v) is 6.18. The Bertz CT molecular complexity index is 546. The molecule has 0 aliphatic rings. The van der Waals surface area contributed by atoms with E-state index in [1.165, 1.54) is 0 Å². The molecular formula is C15H16ClNO. The zero-order chi connectivity index (χ0) is 13.1. The number of aryl methyl sites for hydroxylation is 2. The summed E-state index contributed by atoms with van der Waals surface area (Å²) in [5, 5.41) is 0.724. The van der Waals surface area contributed by atoms with E-state index in [0.717, 1.165) is 27.5 Å². The zero-order valence-electron chi connectivity index (χ0n) is 10.5. The zero-order valence-corrected chi connectivity index (χ0v) is 11.3. The van der Waals surface area contributed by atoms with Crippen molar-refractivity contribution in [1.82, 2.24) is 0 Å². The normalized spacial score (nSPS) is 10.4. The molecule has 0 radical (unpaired) electrons. The van der Waals surface area contributed by atoms with Gasteiger partial charge in [0.25, 0.3) is 0 Å². The van der Waals surface area contributed by atoms with Gasteiger partial charge in [-0.1, -0.05) is 35.9 Å². The third-order valence-corrected chi connectivity index (χ3v) is 3.17. The minimum Gasteiger partial charge on any atom is -0.486 e. The highest BCUT2D eigenvalue weighted by molar-refractivity contribution is 6.31. The summed E-state index contributed by atoms with van der Waals surface area (Å²) in [5.41, 5.74) is 9.67. The second-order valence-corrected chi connectivity index (χ2v) is 4.78. The van der Waals surface area contributed by atoms with E-state index >= 15 is 0 Å². The van der Waals surface area contributed by atoms with Gasteiger partial charge < -0.3 is 10.5 Å². The summed E-state index contributed by atoms with van der Waals surface area (Å²) in [6, 6.07) is 11.7. The van der Waals surface area contributed by atoms with E-state index in [-0.39, 0.29) is 0 Å². The summed E-state index contributed by atoms with van der Waals surface area (Å²) in [6.45, 7) is 4.41. The number of halogens is 1. The molecule has 2 aromatic carbocycles. The Morgan fingerprint density at radius 3 is 2.61 bits per heavy atom. The van der Waals surface area contributed by atoms with E-state index in [2.05, 4.69) is 0 Å². The van der Waals surface area contributed by atoms with Crippen LogP contribution in [0.4, 0.5) is 5.69 Å². The van der Waals surface area contributed by atoms with Crippen LogP contribution in [0.15, 0.2) is 36.4 Å². The van der Waals surface area contributed by atoms with Crippen LogP contribution in [0, 0.1) is 13.8 Å². The molecule has 0 saturated carbocycles. The monoisotopic (exact) mass is 261 g/mol. The van der Waals surface area contributed by atoms with Crippen molar-refractivity contribution >= 4 is 17.3 Å². The third kappa shape index (κ3) is 2.77. The van der Waals surface area contributed by atoms with Crippen LogP contribution in [0.3, 0.4) is 0 Å². The third-order valence-electron chi connectivity index (χ3n) is 2.82. The van der Waals surface area contributed by atoms with Gasteiger partial charge in [-0.15, -0.1) is 0 Å². The number of nitrogens with two attached hydrogens (primary N) is 1. The van der Waals surface area contributed by atoms with Crippen LogP contribution in [0.5, 0.6) is 5.75 Å². The molecule has 0 aliphatic heterocycles. The number of ether oxygens (including phenoxy) is 1. The highest BCUT2D eigenvalue weighted by Gasteiger charge is 2.06. The Morgan fingerprint density at radius 2 is 1.94 bits per heavy atom. The summed E-state index contributed by atoms with van der Waals surface area (Å²) in [7, 11) is 0. The minimum atomic E-state index is 0.425. The fourth-order valence-electron chi connectivity index (χ4n) is 1.79. The van der Waals surface area contributed by atoms with Crippen molar-refractivity contribution in [3.8, 4) is 5.75 Å². The molecule has 0 aliphatic carbocycles. The van der Waals surface area contributed by atoms with E-state index in [1.807, 2.05) is 50.2 Å². The fraction of sp³-hybridized carbons (Fsp3) is 0.200. The van der Waals surface area contributed by atoms with Gasteiger partial charge in [0, 0.05) is 10.6 Å². The lowest BCUT2D eigenvalue weighted by Gasteiger charge is -2.12. The Kier molecular flexibility index (Phi) is 3.78. The lowest BCUT2D eigenvalue weighted by molar-refractivity contribution is 0.306. The predicted octanol–water partition coefficient (Wildman–Crippen LogP) is 4.12. The van der Waals surface area contributed by atoms with Gasteiger partial charge in [-0.05, 0) is 37.1 Å². The van der Waals surface area contributed by atoms with Gasteiger partial charge in [0.05, 0.1) is 5.69 Å². The topological polar surface area (TPSA) is 35.2 Å². The molecule has 18 heavy (non-hydrogen) atoms. The highest BCUT2D eigenvalue weighted by atomic mass is 35.5. The molecule has 0 amide bonds. The Hall–Kier alpha value is -1.67. The van der Waals surface area contributed by atoms with Gasteiger partial charge in [-0.2, -0.15) is 0 Å². The second-order valence-electron chi connectivity index (χ2n) is 4.38. The maximum absolute atomic E-state index is 6.16. The quantitative estimate of drug-likeness (QED) is 0.844. The molecule has 2 aromatic rings. The molecule has 0 fully saturated rings. The van der Waals surface area contributed by atoms with Crippen LogP contribution in [-0.2, 0) is 6.61 Å². The predicted molar refractivity (Wildman–Crippen MR) is 76.1 cm³/mol. The number of benzene rings is 2. The molecular weight excluding hydrogens is 246 g/mol. The van der Waals surface area contributed by atoms with Crippen LogP contribution in [0.25, 0.3) is 0 Å². The Labute approximate surface area is 112 Å². The number of para-hydroxylation sites is 1. The van der Waals surface area contributed by atoms with E-state index in [1.54, 1.807) is 0 Å². The van der Waals surface area contributed by atoms with Crippen LogP contribution in [-0.4, -0.2) is 0 Å². The Morgan fingerprint density at radius 1 is 1.17 bits per heavy atom. The summed E-state index contributed by atoms with van der Waals surface area (Å²) >= 11 is 6.16. The first kappa shape index (κ1) is 12.8. The van der Waals surface area contributed by atoms with Crippen molar-refractivity contribution in [3.05, 3.63) is 58.1 Å². The van der Waals surface area contributed by atoms with Gasteiger partial charge >= 0.3 is 0 Å². The van der Waals surface area contributed by atoms with Crippen LogP contribution < -0.4 is 10.5 Å².